The van der Waals surface area contributed by atoms with Gasteiger partial charge in [-0.1, -0.05) is 141 Å². The third-order valence-electron chi connectivity index (χ3n) is 9.65. The highest BCUT2D eigenvalue weighted by Crippen LogP contribution is 2.50. The standard InChI is InChI=1S/C43H31N3/c1-43(2)36-19-11-9-17-32(36)34-25-35-33-18-10-12-20-40(33)46(41(35)26-37(34)43)42-44-38(30-15-7-4-8-16-30)27-39(45-42)31-23-21-29(22-24-31)28-13-5-3-6-14-28/h3-27H,1-2H3. The largest absolute Gasteiger partial charge is 0.278 e. The van der Waals surface area contributed by atoms with E-state index in [1.54, 1.807) is 0 Å². The Labute approximate surface area is 268 Å². The summed E-state index contributed by atoms with van der Waals surface area (Å²) in [6.07, 6.45) is 0. The first-order chi connectivity index (χ1) is 22.6. The fourth-order valence-corrected chi connectivity index (χ4v) is 7.28. The van der Waals surface area contributed by atoms with E-state index in [1.807, 2.05) is 12.1 Å². The van der Waals surface area contributed by atoms with E-state index in [-0.39, 0.29) is 5.41 Å². The lowest BCUT2D eigenvalue weighted by atomic mass is 9.82. The first-order valence-corrected chi connectivity index (χ1v) is 15.8. The van der Waals surface area contributed by atoms with Crippen LogP contribution in [0.5, 0.6) is 0 Å². The maximum absolute atomic E-state index is 5.30. The molecule has 218 valence electrons. The quantitative estimate of drug-likeness (QED) is 0.204. The van der Waals surface area contributed by atoms with Crippen LogP contribution in [0.2, 0.25) is 0 Å². The Hall–Kier alpha value is -5.80. The lowest BCUT2D eigenvalue weighted by molar-refractivity contribution is 0.661. The number of benzene rings is 6. The Bertz CT molecular complexity index is 2420. The second-order valence-corrected chi connectivity index (χ2v) is 12.7. The van der Waals surface area contributed by atoms with Crippen LogP contribution in [-0.2, 0) is 5.41 Å². The number of hydrogen-bond donors (Lipinski definition) is 0. The molecule has 0 aliphatic heterocycles. The first kappa shape index (κ1) is 26.6. The first-order valence-electron chi connectivity index (χ1n) is 15.8. The Balaban J connectivity index is 1.29. The van der Waals surface area contributed by atoms with Crippen LogP contribution in [0.15, 0.2) is 152 Å². The van der Waals surface area contributed by atoms with Crippen molar-refractivity contribution in [3.63, 3.8) is 0 Å². The number of rotatable bonds is 4. The molecule has 0 atom stereocenters. The number of para-hydroxylation sites is 1. The molecule has 1 aliphatic carbocycles. The molecule has 1 aliphatic rings. The van der Waals surface area contributed by atoms with Gasteiger partial charge in [-0.05, 0) is 57.6 Å². The molecule has 2 aromatic heterocycles. The highest BCUT2D eigenvalue weighted by Gasteiger charge is 2.36. The van der Waals surface area contributed by atoms with Crippen molar-refractivity contribution in [2.75, 3.05) is 0 Å². The van der Waals surface area contributed by atoms with Crippen LogP contribution in [0.25, 0.3) is 72.5 Å². The molecule has 0 unspecified atom stereocenters. The van der Waals surface area contributed by atoms with Crippen molar-refractivity contribution in [3.8, 4) is 50.7 Å². The fraction of sp³-hybridized carbons (Fsp3) is 0.0698. The van der Waals surface area contributed by atoms with Gasteiger partial charge in [0.25, 0.3) is 0 Å². The predicted octanol–water partition coefficient (Wildman–Crippen LogP) is 10.9. The Kier molecular flexibility index (Phi) is 5.85. The van der Waals surface area contributed by atoms with Crippen molar-refractivity contribution >= 4 is 21.8 Å². The smallest absolute Gasteiger partial charge is 0.235 e. The van der Waals surface area contributed by atoms with Crippen LogP contribution in [0, 0.1) is 0 Å². The highest BCUT2D eigenvalue weighted by molar-refractivity contribution is 6.11. The van der Waals surface area contributed by atoms with E-state index in [0.717, 1.165) is 33.5 Å². The van der Waals surface area contributed by atoms with Gasteiger partial charge in [-0.25, -0.2) is 9.97 Å². The lowest BCUT2D eigenvalue weighted by Gasteiger charge is -2.21. The summed E-state index contributed by atoms with van der Waals surface area (Å²) < 4.78 is 2.26. The molecule has 0 saturated carbocycles. The van der Waals surface area contributed by atoms with Gasteiger partial charge >= 0.3 is 0 Å². The molecule has 0 amide bonds. The summed E-state index contributed by atoms with van der Waals surface area (Å²) in [5, 5.41) is 2.41. The summed E-state index contributed by atoms with van der Waals surface area (Å²) >= 11 is 0. The second kappa shape index (κ2) is 10.1. The maximum Gasteiger partial charge on any atom is 0.235 e. The summed E-state index contributed by atoms with van der Waals surface area (Å²) in [5.74, 6) is 0.669. The van der Waals surface area contributed by atoms with Crippen LogP contribution in [0.3, 0.4) is 0 Å². The van der Waals surface area contributed by atoms with Crippen LogP contribution < -0.4 is 0 Å². The normalized spacial score (nSPS) is 13.2. The Morgan fingerprint density at radius 1 is 0.435 bits per heavy atom. The van der Waals surface area contributed by atoms with Gasteiger partial charge in [-0.15, -0.1) is 0 Å². The van der Waals surface area contributed by atoms with Crippen LogP contribution in [0.1, 0.15) is 25.0 Å². The zero-order valence-corrected chi connectivity index (χ0v) is 25.8. The minimum absolute atomic E-state index is 0.111. The lowest BCUT2D eigenvalue weighted by Crippen LogP contribution is -2.15. The van der Waals surface area contributed by atoms with E-state index in [1.165, 1.54) is 44.2 Å². The van der Waals surface area contributed by atoms with Gasteiger partial charge in [0.1, 0.15) is 0 Å². The minimum atomic E-state index is -0.111. The summed E-state index contributed by atoms with van der Waals surface area (Å²) in [6, 6.07) is 53.9. The van der Waals surface area contributed by atoms with E-state index in [2.05, 4.69) is 158 Å². The molecule has 0 radical (unpaired) electrons. The summed E-state index contributed by atoms with van der Waals surface area (Å²) in [6.45, 7) is 4.67. The van der Waals surface area contributed by atoms with E-state index in [4.69, 9.17) is 9.97 Å². The molecule has 0 bridgehead atoms. The molecule has 6 aromatic carbocycles. The molecule has 0 spiro atoms. The maximum atomic E-state index is 5.30. The second-order valence-electron chi connectivity index (χ2n) is 12.7. The van der Waals surface area contributed by atoms with Crippen molar-refractivity contribution in [3.05, 3.63) is 163 Å². The number of aromatic nitrogens is 3. The summed E-state index contributed by atoms with van der Waals surface area (Å²) in [4.78, 5) is 10.6. The van der Waals surface area contributed by atoms with Gasteiger partial charge in [-0.2, -0.15) is 0 Å². The third-order valence-corrected chi connectivity index (χ3v) is 9.65. The zero-order valence-electron chi connectivity index (χ0n) is 25.8. The molecule has 46 heavy (non-hydrogen) atoms. The van der Waals surface area contributed by atoms with Crippen molar-refractivity contribution in [1.82, 2.24) is 14.5 Å². The average molecular weight is 590 g/mol. The number of hydrogen-bond acceptors (Lipinski definition) is 2. The predicted molar refractivity (Wildman–Crippen MR) is 190 cm³/mol. The van der Waals surface area contributed by atoms with Crippen molar-refractivity contribution in [2.24, 2.45) is 0 Å². The van der Waals surface area contributed by atoms with Gasteiger partial charge in [0.2, 0.25) is 5.95 Å². The highest BCUT2D eigenvalue weighted by atomic mass is 15.2. The summed E-state index contributed by atoms with van der Waals surface area (Å²) in [7, 11) is 0. The van der Waals surface area contributed by atoms with Gasteiger partial charge in [0.05, 0.1) is 22.4 Å². The van der Waals surface area contributed by atoms with Gasteiger partial charge in [0.15, 0.2) is 0 Å². The molecule has 0 saturated heterocycles. The van der Waals surface area contributed by atoms with Crippen molar-refractivity contribution < 1.29 is 0 Å². The molecule has 8 aromatic rings. The van der Waals surface area contributed by atoms with E-state index in [9.17, 15) is 0 Å². The van der Waals surface area contributed by atoms with Gasteiger partial charge in [-0.3, -0.25) is 4.57 Å². The van der Waals surface area contributed by atoms with E-state index < -0.39 is 0 Å². The SMILES string of the molecule is CC1(C)c2ccccc2-c2cc3c4ccccc4n(-c4nc(-c5ccccc5)cc(-c5ccc(-c6ccccc6)cc5)n4)c3cc21. The fourth-order valence-electron chi connectivity index (χ4n) is 7.28. The molecular weight excluding hydrogens is 558 g/mol. The van der Waals surface area contributed by atoms with Gasteiger partial charge in [0, 0.05) is 27.3 Å². The zero-order chi connectivity index (χ0) is 30.8. The van der Waals surface area contributed by atoms with Crippen molar-refractivity contribution in [1.29, 1.82) is 0 Å². The average Bonchev–Trinajstić information content (AvgIpc) is 3.56. The molecule has 0 N–H and O–H groups in total. The minimum Gasteiger partial charge on any atom is -0.278 e. The van der Waals surface area contributed by atoms with Crippen molar-refractivity contribution in [2.45, 2.75) is 19.3 Å². The van der Waals surface area contributed by atoms with Crippen LogP contribution in [0.4, 0.5) is 0 Å². The van der Waals surface area contributed by atoms with Crippen LogP contribution in [-0.4, -0.2) is 14.5 Å². The van der Waals surface area contributed by atoms with E-state index in [0.29, 0.717) is 5.95 Å². The monoisotopic (exact) mass is 589 g/mol. The van der Waals surface area contributed by atoms with Gasteiger partial charge < -0.3 is 0 Å². The number of fused-ring (bicyclic) bond motifs is 6. The number of nitrogens with zero attached hydrogens (tertiary/aromatic N) is 3. The molecule has 3 heteroatoms. The Morgan fingerprint density at radius 2 is 1.00 bits per heavy atom. The molecule has 9 rings (SSSR count). The Morgan fingerprint density at radius 3 is 1.74 bits per heavy atom. The molecule has 2 heterocycles. The molecule has 3 nitrogen and oxygen atoms in total. The third kappa shape index (κ3) is 4.05. The van der Waals surface area contributed by atoms with E-state index >= 15 is 0 Å². The summed E-state index contributed by atoms with van der Waals surface area (Å²) in [5.41, 5.74) is 13.7. The molecular formula is C43H31N3. The molecule has 0 fully saturated rings. The van der Waals surface area contributed by atoms with Crippen LogP contribution >= 0.6 is 0 Å². The topological polar surface area (TPSA) is 30.7 Å².